The van der Waals surface area contributed by atoms with Crippen molar-refractivity contribution in [3.05, 3.63) is 29.8 Å². The third-order valence-corrected chi connectivity index (χ3v) is 3.35. The van der Waals surface area contributed by atoms with E-state index in [-0.39, 0.29) is 19.1 Å². The van der Waals surface area contributed by atoms with E-state index < -0.39 is 18.1 Å². The molecule has 6 nitrogen and oxygen atoms in total. The van der Waals surface area contributed by atoms with E-state index in [1.165, 1.54) is 4.90 Å². The van der Waals surface area contributed by atoms with Crippen LogP contribution in [0, 0.1) is 6.92 Å². The van der Waals surface area contributed by atoms with Gasteiger partial charge in [0.25, 0.3) is 5.91 Å². The van der Waals surface area contributed by atoms with E-state index in [9.17, 15) is 9.59 Å². The van der Waals surface area contributed by atoms with Crippen LogP contribution >= 0.6 is 0 Å². The Morgan fingerprint density at radius 1 is 1.48 bits per heavy atom. The number of amides is 1. The predicted octanol–water partition coefficient (Wildman–Crippen LogP) is 1.07. The van der Waals surface area contributed by atoms with Gasteiger partial charge < -0.3 is 19.5 Å². The molecule has 6 heteroatoms. The number of benzene rings is 1. The van der Waals surface area contributed by atoms with Gasteiger partial charge in [-0.3, -0.25) is 4.79 Å². The van der Waals surface area contributed by atoms with Crippen LogP contribution in [0.5, 0.6) is 5.75 Å². The van der Waals surface area contributed by atoms with E-state index in [0.29, 0.717) is 12.4 Å². The number of hydrogen-bond acceptors (Lipinski definition) is 4. The van der Waals surface area contributed by atoms with Crippen LogP contribution in [-0.2, 0) is 14.3 Å². The fraction of sp³-hybridized carbons (Fsp3) is 0.467. The molecule has 1 aromatic carbocycles. The number of carbonyl (C=O) groups is 2. The largest absolute Gasteiger partial charge is 0.481 e. The maximum absolute atomic E-state index is 12.4. The van der Waals surface area contributed by atoms with Crippen molar-refractivity contribution in [3.8, 4) is 5.75 Å². The first-order chi connectivity index (χ1) is 9.99. The van der Waals surface area contributed by atoms with Gasteiger partial charge in [0.05, 0.1) is 13.2 Å². The average molecular weight is 293 g/mol. The molecule has 0 bridgehead atoms. The summed E-state index contributed by atoms with van der Waals surface area (Å²) in [6.07, 6.45) is -0.744. The first-order valence-electron chi connectivity index (χ1n) is 6.83. The Hall–Kier alpha value is -2.08. The third-order valence-electron chi connectivity index (χ3n) is 3.35. The molecule has 2 rings (SSSR count). The number of aliphatic carboxylic acids is 1. The molecule has 0 spiro atoms. The Morgan fingerprint density at radius 3 is 2.90 bits per heavy atom. The van der Waals surface area contributed by atoms with E-state index in [1.54, 1.807) is 13.0 Å². The minimum absolute atomic E-state index is 0.0121. The molecule has 114 valence electrons. The molecular weight excluding hydrogens is 274 g/mol. The summed E-state index contributed by atoms with van der Waals surface area (Å²) in [7, 11) is 0. The van der Waals surface area contributed by atoms with E-state index in [0.717, 1.165) is 5.56 Å². The fourth-order valence-electron chi connectivity index (χ4n) is 2.25. The molecule has 1 aromatic rings. The minimum atomic E-state index is -1.06. The molecule has 0 saturated carbocycles. The van der Waals surface area contributed by atoms with Gasteiger partial charge in [-0.25, -0.2) is 4.79 Å². The summed E-state index contributed by atoms with van der Waals surface area (Å²) in [4.78, 5) is 24.9. The molecule has 0 aliphatic carbocycles. The number of ether oxygens (including phenoxy) is 2. The number of carbonyl (C=O) groups excluding carboxylic acids is 1. The van der Waals surface area contributed by atoms with Crippen molar-refractivity contribution < 1.29 is 24.2 Å². The third kappa shape index (κ3) is 3.72. The molecule has 21 heavy (non-hydrogen) atoms. The zero-order chi connectivity index (χ0) is 15.4. The van der Waals surface area contributed by atoms with Crippen LogP contribution in [0.15, 0.2) is 24.3 Å². The first-order valence-corrected chi connectivity index (χ1v) is 6.83. The molecule has 1 amide bonds. The highest BCUT2D eigenvalue weighted by Crippen LogP contribution is 2.16. The molecule has 1 N–H and O–H groups in total. The van der Waals surface area contributed by atoms with Crippen LogP contribution in [0.4, 0.5) is 0 Å². The van der Waals surface area contributed by atoms with Crippen LogP contribution in [0.2, 0.25) is 0 Å². The van der Waals surface area contributed by atoms with Crippen LogP contribution in [0.3, 0.4) is 0 Å². The Morgan fingerprint density at radius 2 is 2.24 bits per heavy atom. The molecule has 2 atom stereocenters. The molecule has 1 heterocycles. The molecular formula is C15H19NO5. The lowest BCUT2D eigenvalue weighted by Crippen LogP contribution is -2.55. The smallest absolute Gasteiger partial charge is 0.328 e. The minimum Gasteiger partial charge on any atom is -0.481 e. The van der Waals surface area contributed by atoms with Crippen molar-refractivity contribution in [3.63, 3.8) is 0 Å². The van der Waals surface area contributed by atoms with Gasteiger partial charge in [-0.15, -0.1) is 0 Å². The van der Waals surface area contributed by atoms with Crippen LogP contribution < -0.4 is 4.74 Å². The Labute approximate surface area is 123 Å². The molecule has 0 aromatic heterocycles. The summed E-state index contributed by atoms with van der Waals surface area (Å²) in [5.74, 6) is -0.811. The molecule has 1 aliphatic heterocycles. The number of aryl methyl sites for hydroxylation is 1. The zero-order valence-electron chi connectivity index (χ0n) is 12.1. The van der Waals surface area contributed by atoms with Gasteiger partial charge in [0.2, 0.25) is 0 Å². The van der Waals surface area contributed by atoms with Gasteiger partial charge in [-0.05, 0) is 31.5 Å². The molecule has 0 unspecified atom stereocenters. The van der Waals surface area contributed by atoms with Crippen molar-refractivity contribution in [2.75, 3.05) is 19.8 Å². The summed E-state index contributed by atoms with van der Waals surface area (Å²) in [5, 5.41) is 9.15. The lowest BCUT2D eigenvalue weighted by atomic mass is 10.2. The maximum atomic E-state index is 12.4. The highest BCUT2D eigenvalue weighted by Gasteiger charge is 2.35. The summed E-state index contributed by atoms with van der Waals surface area (Å²) >= 11 is 0. The van der Waals surface area contributed by atoms with E-state index >= 15 is 0 Å². The summed E-state index contributed by atoms with van der Waals surface area (Å²) < 4.78 is 10.7. The maximum Gasteiger partial charge on any atom is 0.328 e. The van der Waals surface area contributed by atoms with E-state index in [4.69, 9.17) is 14.6 Å². The number of carboxylic acid groups (broad SMARTS) is 1. The van der Waals surface area contributed by atoms with Crippen molar-refractivity contribution in [2.24, 2.45) is 0 Å². The SMILES string of the molecule is Cc1cccc(O[C@H](C)C(=O)N2CCOC[C@H]2C(=O)O)c1. The van der Waals surface area contributed by atoms with Gasteiger partial charge in [0, 0.05) is 6.54 Å². The first kappa shape index (κ1) is 15.3. The Balaban J connectivity index is 2.05. The van der Waals surface area contributed by atoms with Crippen LogP contribution in [0.25, 0.3) is 0 Å². The molecule has 1 aliphatic rings. The number of rotatable bonds is 4. The number of carboxylic acids is 1. The fourth-order valence-corrected chi connectivity index (χ4v) is 2.25. The lowest BCUT2D eigenvalue weighted by molar-refractivity contribution is -0.161. The average Bonchev–Trinajstić information content (AvgIpc) is 2.46. The highest BCUT2D eigenvalue weighted by molar-refractivity contribution is 5.86. The summed E-state index contributed by atoms with van der Waals surface area (Å²) in [6, 6.07) is 6.43. The van der Waals surface area contributed by atoms with Gasteiger partial charge in [0.15, 0.2) is 12.1 Å². The lowest BCUT2D eigenvalue weighted by Gasteiger charge is -2.34. The van der Waals surface area contributed by atoms with Crippen molar-refractivity contribution in [2.45, 2.75) is 26.0 Å². The van der Waals surface area contributed by atoms with Gasteiger partial charge in [-0.2, -0.15) is 0 Å². The summed E-state index contributed by atoms with van der Waals surface area (Å²) in [6.45, 7) is 4.17. The van der Waals surface area contributed by atoms with Crippen molar-refractivity contribution >= 4 is 11.9 Å². The van der Waals surface area contributed by atoms with Crippen LogP contribution in [-0.4, -0.2) is 53.8 Å². The van der Waals surface area contributed by atoms with E-state index in [2.05, 4.69) is 0 Å². The Kier molecular flexibility index (Phi) is 4.80. The van der Waals surface area contributed by atoms with Crippen molar-refractivity contribution in [1.82, 2.24) is 4.90 Å². The molecule has 1 saturated heterocycles. The standard InChI is InChI=1S/C15H19NO5/c1-10-4-3-5-12(8-10)21-11(2)14(17)16-6-7-20-9-13(16)15(18)19/h3-5,8,11,13H,6-7,9H2,1-2H3,(H,18,19)/t11-,13+/m1/s1. The van der Waals surface area contributed by atoms with Crippen LogP contribution in [0.1, 0.15) is 12.5 Å². The second-order valence-corrected chi connectivity index (χ2v) is 5.04. The highest BCUT2D eigenvalue weighted by atomic mass is 16.5. The van der Waals surface area contributed by atoms with Crippen molar-refractivity contribution in [1.29, 1.82) is 0 Å². The topological polar surface area (TPSA) is 76.1 Å². The quantitative estimate of drug-likeness (QED) is 0.899. The Bertz CT molecular complexity index is 531. The molecule has 1 fully saturated rings. The number of hydrogen-bond donors (Lipinski definition) is 1. The monoisotopic (exact) mass is 293 g/mol. The van der Waals surface area contributed by atoms with Gasteiger partial charge >= 0.3 is 5.97 Å². The zero-order valence-corrected chi connectivity index (χ0v) is 12.1. The predicted molar refractivity (Wildman–Crippen MR) is 75.2 cm³/mol. The normalized spacial score (nSPS) is 19.9. The second kappa shape index (κ2) is 6.58. The van der Waals surface area contributed by atoms with Gasteiger partial charge in [0.1, 0.15) is 5.75 Å². The van der Waals surface area contributed by atoms with Gasteiger partial charge in [-0.1, -0.05) is 12.1 Å². The summed E-state index contributed by atoms with van der Waals surface area (Å²) in [5.41, 5.74) is 1.03. The number of nitrogens with zero attached hydrogens (tertiary/aromatic N) is 1. The second-order valence-electron chi connectivity index (χ2n) is 5.04. The van der Waals surface area contributed by atoms with E-state index in [1.807, 2.05) is 25.1 Å². The molecule has 0 radical (unpaired) electrons. The number of morpholine rings is 1.